The van der Waals surface area contributed by atoms with E-state index >= 15 is 0 Å². The van der Waals surface area contributed by atoms with Crippen molar-refractivity contribution in [1.82, 2.24) is 9.78 Å². The van der Waals surface area contributed by atoms with Crippen LogP contribution >= 0.6 is 0 Å². The van der Waals surface area contributed by atoms with Gasteiger partial charge in [-0.3, -0.25) is 0 Å². The summed E-state index contributed by atoms with van der Waals surface area (Å²) in [5, 5.41) is 11.8. The average molecular weight is 473 g/mol. The topological polar surface area (TPSA) is 51.9 Å². The van der Waals surface area contributed by atoms with Gasteiger partial charge in [0.25, 0.3) is 0 Å². The third kappa shape index (κ3) is 4.44. The summed E-state index contributed by atoms with van der Waals surface area (Å²) in [6, 6.07) is 36.2. The zero-order valence-electron chi connectivity index (χ0n) is 19.6. The van der Waals surface area contributed by atoms with Crippen LogP contribution in [0.15, 0.2) is 120 Å². The molecule has 0 aliphatic carbocycles. The minimum absolute atomic E-state index is 0.534. The van der Waals surface area contributed by atoms with Crippen LogP contribution in [0.3, 0.4) is 0 Å². The molecule has 6 nitrogen and oxygen atoms in total. The van der Waals surface area contributed by atoms with Crippen molar-refractivity contribution in [3.05, 3.63) is 121 Å². The number of rotatable bonds is 6. The summed E-state index contributed by atoms with van der Waals surface area (Å²) in [5.41, 5.74) is 5.53. The molecule has 0 bridgehead atoms. The summed E-state index contributed by atoms with van der Waals surface area (Å²) in [7, 11) is 0. The van der Waals surface area contributed by atoms with Crippen molar-refractivity contribution in [2.75, 3.05) is 18.2 Å². The Hall–Kier alpha value is -4.84. The molecule has 6 heteroatoms. The third-order valence-electron chi connectivity index (χ3n) is 5.89. The molecule has 0 N–H and O–H groups in total. The maximum atomic E-state index is 5.83. The van der Waals surface area contributed by atoms with E-state index in [0.29, 0.717) is 13.2 Å². The van der Waals surface area contributed by atoms with Crippen LogP contribution in [0, 0.1) is 0 Å². The highest BCUT2D eigenvalue weighted by Crippen LogP contribution is 2.35. The third-order valence-corrected chi connectivity index (χ3v) is 5.89. The Morgan fingerprint density at radius 2 is 1.33 bits per heavy atom. The molecule has 2 heterocycles. The van der Waals surface area contributed by atoms with Crippen molar-refractivity contribution in [3.63, 3.8) is 0 Å². The van der Waals surface area contributed by atoms with E-state index in [0.717, 1.165) is 45.4 Å². The van der Waals surface area contributed by atoms with E-state index in [-0.39, 0.29) is 0 Å². The quantitative estimate of drug-likeness (QED) is 0.210. The van der Waals surface area contributed by atoms with Crippen LogP contribution in [0.4, 0.5) is 11.4 Å². The molecule has 1 aliphatic rings. The maximum Gasteiger partial charge on any atom is 0.162 e. The molecular formula is C30H24N4O2. The lowest BCUT2D eigenvalue weighted by Crippen LogP contribution is -2.15. The number of hydrogen-bond acceptors (Lipinski definition) is 5. The first kappa shape index (κ1) is 21.7. The Kier molecular flexibility index (Phi) is 5.90. The minimum atomic E-state index is 0.534. The second-order valence-corrected chi connectivity index (χ2v) is 8.30. The Morgan fingerprint density at radius 3 is 2.00 bits per heavy atom. The second-order valence-electron chi connectivity index (χ2n) is 8.30. The average Bonchev–Trinajstić information content (AvgIpc) is 3.39. The van der Waals surface area contributed by atoms with Gasteiger partial charge in [0.15, 0.2) is 11.5 Å². The molecule has 36 heavy (non-hydrogen) atoms. The number of aromatic nitrogens is 2. The van der Waals surface area contributed by atoms with Gasteiger partial charge in [-0.25, -0.2) is 9.69 Å². The van der Waals surface area contributed by atoms with Crippen LogP contribution in [0.5, 0.6) is 11.5 Å². The predicted octanol–water partition coefficient (Wildman–Crippen LogP) is 6.48. The number of fused-ring (bicyclic) bond motifs is 1. The molecule has 0 atom stereocenters. The number of nitrogens with zero attached hydrogens (tertiary/aromatic N) is 4. The molecule has 5 aromatic rings. The minimum Gasteiger partial charge on any atom is -0.486 e. The normalized spacial score (nSPS) is 12.6. The van der Waals surface area contributed by atoms with Crippen molar-refractivity contribution < 1.29 is 9.47 Å². The Bertz CT molecular complexity index is 1440. The van der Waals surface area contributed by atoms with Gasteiger partial charge in [-0.1, -0.05) is 54.6 Å². The Balaban J connectivity index is 1.44. The summed E-state index contributed by atoms with van der Waals surface area (Å²) in [6.45, 7) is 1.09. The van der Waals surface area contributed by atoms with Gasteiger partial charge in [-0.2, -0.15) is 10.2 Å². The summed E-state index contributed by atoms with van der Waals surface area (Å²) in [6.07, 6.45) is 3.86. The fourth-order valence-electron chi connectivity index (χ4n) is 4.15. The SMILES string of the molecule is C(=N\N(c1ccccc1)c1ccccc1)/c1cn(-c2ccccc2)nc1-c1ccc2c(c1)OCCO2. The summed E-state index contributed by atoms with van der Waals surface area (Å²) >= 11 is 0. The first-order valence-electron chi connectivity index (χ1n) is 11.8. The standard InChI is InChI=1S/C30H24N4O2/c1-4-10-25(11-5-1)33-22-24(30(32-33)23-16-17-28-29(20-23)36-19-18-35-28)21-31-34(26-12-6-2-7-13-26)27-14-8-3-9-15-27/h1-17,20-22H,18-19H2/b31-21+. The van der Waals surface area contributed by atoms with Crippen LogP contribution in [0.2, 0.25) is 0 Å². The van der Waals surface area contributed by atoms with E-state index in [1.807, 2.05) is 131 Å². The van der Waals surface area contributed by atoms with Gasteiger partial charge in [-0.15, -0.1) is 0 Å². The van der Waals surface area contributed by atoms with E-state index in [9.17, 15) is 0 Å². The lowest BCUT2D eigenvalue weighted by Gasteiger charge is -2.19. The second kappa shape index (κ2) is 9.80. The molecule has 1 aromatic heterocycles. The Morgan fingerprint density at radius 1 is 0.722 bits per heavy atom. The summed E-state index contributed by atoms with van der Waals surface area (Å²) in [5.74, 6) is 1.48. The molecule has 6 rings (SSSR count). The van der Waals surface area contributed by atoms with Crippen LogP contribution in [-0.2, 0) is 0 Å². The monoisotopic (exact) mass is 472 g/mol. The molecule has 0 saturated carbocycles. The van der Waals surface area contributed by atoms with E-state index < -0.39 is 0 Å². The van der Waals surface area contributed by atoms with Gasteiger partial charge in [-0.05, 0) is 54.6 Å². The van der Waals surface area contributed by atoms with Crippen molar-refractivity contribution >= 4 is 17.6 Å². The smallest absolute Gasteiger partial charge is 0.162 e. The number of hydrazone groups is 1. The first-order valence-corrected chi connectivity index (χ1v) is 11.8. The molecule has 0 spiro atoms. The number of ether oxygens (including phenoxy) is 2. The zero-order chi connectivity index (χ0) is 24.2. The van der Waals surface area contributed by atoms with Crippen LogP contribution < -0.4 is 14.5 Å². The highest BCUT2D eigenvalue weighted by Gasteiger charge is 2.17. The Labute approximate surface area is 209 Å². The van der Waals surface area contributed by atoms with E-state index in [4.69, 9.17) is 19.7 Å². The first-order chi connectivity index (χ1) is 17.8. The van der Waals surface area contributed by atoms with Gasteiger partial charge in [0.05, 0.1) is 23.3 Å². The van der Waals surface area contributed by atoms with Crippen LogP contribution in [0.1, 0.15) is 5.56 Å². The van der Waals surface area contributed by atoms with Crippen molar-refractivity contribution in [3.8, 4) is 28.4 Å². The van der Waals surface area contributed by atoms with Gasteiger partial charge >= 0.3 is 0 Å². The largest absolute Gasteiger partial charge is 0.486 e. The van der Waals surface area contributed by atoms with Gasteiger partial charge in [0.2, 0.25) is 0 Å². The molecule has 0 amide bonds. The van der Waals surface area contributed by atoms with E-state index in [2.05, 4.69) is 0 Å². The van der Waals surface area contributed by atoms with Gasteiger partial charge < -0.3 is 9.47 Å². The molecule has 1 aliphatic heterocycles. The van der Waals surface area contributed by atoms with Crippen molar-refractivity contribution in [2.45, 2.75) is 0 Å². The number of benzene rings is 4. The fourth-order valence-corrected chi connectivity index (χ4v) is 4.15. The zero-order valence-corrected chi connectivity index (χ0v) is 19.6. The van der Waals surface area contributed by atoms with Crippen LogP contribution in [-0.4, -0.2) is 29.2 Å². The molecule has 0 unspecified atom stereocenters. The molecule has 0 radical (unpaired) electrons. The van der Waals surface area contributed by atoms with Gasteiger partial charge in [0.1, 0.15) is 18.9 Å². The highest BCUT2D eigenvalue weighted by atomic mass is 16.6. The van der Waals surface area contributed by atoms with Crippen molar-refractivity contribution in [2.24, 2.45) is 5.10 Å². The fraction of sp³-hybridized carbons (Fsp3) is 0.0667. The predicted molar refractivity (Wildman–Crippen MR) is 143 cm³/mol. The van der Waals surface area contributed by atoms with Gasteiger partial charge in [0, 0.05) is 17.3 Å². The maximum absolute atomic E-state index is 5.83. The molecule has 176 valence electrons. The van der Waals surface area contributed by atoms with E-state index in [1.54, 1.807) is 0 Å². The highest BCUT2D eigenvalue weighted by molar-refractivity contribution is 5.90. The van der Waals surface area contributed by atoms with Crippen LogP contribution in [0.25, 0.3) is 16.9 Å². The molecular weight excluding hydrogens is 448 g/mol. The lowest BCUT2D eigenvalue weighted by atomic mass is 10.1. The summed E-state index contributed by atoms with van der Waals surface area (Å²) < 4.78 is 13.4. The molecule has 0 fully saturated rings. The van der Waals surface area contributed by atoms with E-state index in [1.165, 1.54) is 0 Å². The molecule has 0 saturated heterocycles. The number of hydrogen-bond donors (Lipinski definition) is 0. The number of para-hydroxylation sites is 3. The van der Waals surface area contributed by atoms with Crippen molar-refractivity contribution in [1.29, 1.82) is 0 Å². The lowest BCUT2D eigenvalue weighted by molar-refractivity contribution is 0.171. The molecule has 4 aromatic carbocycles. The number of anilines is 2. The summed E-state index contributed by atoms with van der Waals surface area (Å²) in [4.78, 5) is 0.